The lowest BCUT2D eigenvalue weighted by molar-refractivity contribution is 0.136. The molecule has 1 aromatic rings. The summed E-state index contributed by atoms with van der Waals surface area (Å²) in [7, 11) is 6.37. The Kier molecular flexibility index (Phi) is 5.78. The van der Waals surface area contributed by atoms with E-state index >= 15 is 0 Å². The third-order valence-electron chi connectivity index (χ3n) is 4.72. The summed E-state index contributed by atoms with van der Waals surface area (Å²) in [6.07, 6.45) is 3.26. The molecular weight excluding hydrogens is 258 g/mol. The van der Waals surface area contributed by atoms with E-state index < -0.39 is 0 Å². The van der Waals surface area contributed by atoms with Crippen LogP contribution in [0.25, 0.3) is 0 Å². The molecule has 21 heavy (non-hydrogen) atoms. The van der Waals surface area contributed by atoms with Gasteiger partial charge >= 0.3 is 0 Å². The molecule has 3 nitrogen and oxygen atoms in total. The topological polar surface area (TPSA) is 30.3 Å². The minimum absolute atomic E-state index is 0.178. The molecule has 0 N–H and O–H groups in total. The van der Waals surface area contributed by atoms with Crippen LogP contribution in [0.3, 0.4) is 0 Å². The molecule has 1 aliphatic rings. The van der Waals surface area contributed by atoms with E-state index in [9.17, 15) is 5.26 Å². The van der Waals surface area contributed by atoms with E-state index in [1.54, 1.807) is 0 Å². The highest BCUT2D eigenvalue weighted by Crippen LogP contribution is 2.37. The van der Waals surface area contributed by atoms with Crippen LogP contribution in [0.15, 0.2) is 30.3 Å². The fourth-order valence-electron chi connectivity index (χ4n) is 3.34. The summed E-state index contributed by atoms with van der Waals surface area (Å²) in [4.78, 5) is 4.60. The van der Waals surface area contributed by atoms with Gasteiger partial charge in [-0.1, -0.05) is 30.3 Å². The first-order valence-electron chi connectivity index (χ1n) is 7.91. The lowest BCUT2D eigenvalue weighted by atomic mass is 9.75. The third kappa shape index (κ3) is 4.30. The zero-order chi connectivity index (χ0) is 15.2. The molecule has 0 aliphatic heterocycles. The molecule has 1 saturated carbocycles. The first-order valence-corrected chi connectivity index (χ1v) is 7.91. The number of likely N-dealkylation sites (N-methyl/N-ethyl adjacent to an activating group) is 2. The highest BCUT2D eigenvalue weighted by atomic mass is 15.2. The number of hydrogen-bond acceptors (Lipinski definition) is 3. The van der Waals surface area contributed by atoms with Gasteiger partial charge in [-0.25, -0.2) is 0 Å². The smallest absolute Gasteiger partial charge is 0.0672 e. The van der Waals surface area contributed by atoms with E-state index in [-0.39, 0.29) is 5.92 Å². The Hall–Kier alpha value is -1.37. The molecule has 2 rings (SSSR count). The average Bonchev–Trinajstić information content (AvgIpc) is 2.52. The van der Waals surface area contributed by atoms with Crippen LogP contribution in [-0.2, 0) is 0 Å². The largest absolute Gasteiger partial charge is 0.308 e. The first kappa shape index (κ1) is 16.0. The van der Waals surface area contributed by atoms with Crippen molar-refractivity contribution in [1.82, 2.24) is 9.80 Å². The predicted molar refractivity (Wildman–Crippen MR) is 87.1 cm³/mol. The van der Waals surface area contributed by atoms with Crippen LogP contribution >= 0.6 is 0 Å². The van der Waals surface area contributed by atoms with E-state index in [0.29, 0.717) is 12.0 Å². The summed E-state index contributed by atoms with van der Waals surface area (Å²) in [6, 6.07) is 13.7. The van der Waals surface area contributed by atoms with Crippen LogP contribution in [0.2, 0.25) is 0 Å². The predicted octanol–water partition coefficient (Wildman–Crippen LogP) is 2.96. The molecule has 0 heterocycles. The number of nitriles is 1. The number of nitrogens with zero attached hydrogens (tertiary/aromatic N) is 3. The quantitative estimate of drug-likeness (QED) is 0.833. The molecule has 1 aliphatic carbocycles. The number of rotatable bonds is 5. The zero-order valence-corrected chi connectivity index (χ0v) is 13.5. The van der Waals surface area contributed by atoms with Crippen molar-refractivity contribution in [2.75, 3.05) is 34.2 Å². The molecule has 0 saturated heterocycles. The SMILES string of the molecule is CN(C)CCN(C)C1CC(c2ccccc2)CCC1C#N. The molecule has 1 fully saturated rings. The Morgan fingerprint density at radius 2 is 1.81 bits per heavy atom. The maximum absolute atomic E-state index is 9.46. The van der Waals surface area contributed by atoms with Gasteiger partial charge in [0.15, 0.2) is 0 Å². The van der Waals surface area contributed by atoms with Gasteiger partial charge in [0.2, 0.25) is 0 Å². The van der Waals surface area contributed by atoms with Gasteiger partial charge in [-0.3, -0.25) is 0 Å². The van der Waals surface area contributed by atoms with Crippen molar-refractivity contribution in [3.63, 3.8) is 0 Å². The lowest BCUT2D eigenvalue weighted by Gasteiger charge is -2.39. The molecule has 0 spiro atoms. The number of benzene rings is 1. The van der Waals surface area contributed by atoms with E-state index in [1.165, 1.54) is 5.56 Å². The highest BCUT2D eigenvalue weighted by molar-refractivity contribution is 5.21. The summed E-state index contributed by atoms with van der Waals surface area (Å²) in [5.74, 6) is 0.778. The Morgan fingerprint density at radius 3 is 2.43 bits per heavy atom. The van der Waals surface area contributed by atoms with Crippen LogP contribution in [-0.4, -0.2) is 50.1 Å². The zero-order valence-electron chi connectivity index (χ0n) is 13.5. The van der Waals surface area contributed by atoms with E-state index in [1.807, 2.05) is 0 Å². The molecule has 1 aromatic carbocycles. The molecule has 3 unspecified atom stereocenters. The third-order valence-corrected chi connectivity index (χ3v) is 4.72. The number of hydrogen-bond donors (Lipinski definition) is 0. The fraction of sp³-hybridized carbons (Fsp3) is 0.611. The van der Waals surface area contributed by atoms with Gasteiger partial charge in [0.25, 0.3) is 0 Å². The van der Waals surface area contributed by atoms with Crippen molar-refractivity contribution in [2.24, 2.45) is 5.92 Å². The van der Waals surface area contributed by atoms with E-state index in [2.05, 4.69) is 67.3 Å². The van der Waals surface area contributed by atoms with Crippen molar-refractivity contribution in [1.29, 1.82) is 5.26 Å². The minimum atomic E-state index is 0.178. The van der Waals surface area contributed by atoms with E-state index in [0.717, 1.165) is 32.4 Å². The van der Waals surface area contributed by atoms with Crippen molar-refractivity contribution < 1.29 is 0 Å². The maximum atomic E-state index is 9.46. The standard InChI is InChI=1S/C18H27N3/c1-20(2)11-12-21(3)18-13-16(9-10-17(18)14-19)15-7-5-4-6-8-15/h4-8,16-18H,9-13H2,1-3H3. The first-order chi connectivity index (χ1) is 10.1. The lowest BCUT2D eigenvalue weighted by Crippen LogP contribution is -2.44. The fourth-order valence-corrected chi connectivity index (χ4v) is 3.34. The van der Waals surface area contributed by atoms with Gasteiger partial charge in [0.05, 0.1) is 12.0 Å². The molecular formula is C18H27N3. The molecule has 3 atom stereocenters. The van der Waals surface area contributed by atoms with Crippen molar-refractivity contribution in [3.05, 3.63) is 35.9 Å². The second-order valence-electron chi connectivity index (χ2n) is 6.51. The van der Waals surface area contributed by atoms with Gasteiger partial charge < -0.3 is 9.80 Å². The van der Waals surface area contributed by atoms with Gasteiger partial charge in [0, 0.05) is 19.1 Å². The van der Waals surface area contributed by atoms with Crippen LogP contribution in [0.4, 0.5) is 0 Å². The molecule has 0 bridgehead atoms. The Balaban J connectivity index is 2.04. The summed E-state index contributed by atoms with van der Waals surface area (Å²) in [5.41, 5.74) is 1.43. The minimum Gasteiger partial charge on any atom is -0.308 e. The average molecular weight is 285 g/mol. The summed E-state index contributed by atoms with van der Waals surface area (Å²) >= 11 is 0. The summed E-state index contributed by atoms with van der Waals surface area (Å²) < 4.78 is 0. The van der Waals surface area contributed by atoms with E-state index in [4.69, 9.17) is 0 Å². The highest BCUT2D eigenvalue weighted by Gasteiger charge is 2.33. The molecule has 0 aromatic heterocycles. The monoisotopic (exact) mass is 285 g/mol. The van der Waals surface area contributed by atoms with Gasteiger partial charge in [0.1, 0.15) is 0 Å². The van der Waals surface area contributed by atoms with Crippen molar-refractivity contribution in [2.45, 2.75) is 31.2 Å². The second-order valence-corrected chi connectivity index (χ2v) is 6.51. The molecule has 114 valence electrons. The molecule has 0 amide bonds. The van der Waals surface area contributed by atoms with Crippen molar-refractivity contribution >= 4 is 0 Å². The Bertz CT molecular complexity index is 463. The summed E-state index contributed by atoms with van der Waals surface area (Å²) in [6.45, 7) is 2.07. The van der Waals surface area contributed by atoms with Crippen molar-refractivity contribution in [3.8, 4) is 6.07 Å². The van der Waals surface area contributed by atoms with Gasteiger partial charge in [-0.2, -0.15) is 5.26 Å². The molecule has 0 radical (unpaired) electrons. The Labute approximate surface area is 129 Å². The van der Waals surface area contributed by atoms with Crippen LogP contribution in [0, 0.1) is 17.2 Å². The van der Waals surface area contributed by atoms with Crippen LogP contribution in [0.5, 0.6) is 0 Å². The van der Waals surface area contributed by atoms with Gasteiger partial charge in [-0.15, -0.1) is 0 Å². The van der Waals surface area contributed by atoms with Crippen LogP contribution in [0.1, 0.15) is 30.7 Å². The maximum Gasteiger partial charge on any atom is 0.0672 e. The van der Waals surface area contributed by atoms with Gasteiger partial charge in [-0.05, 0) is 51.9 Å². The normalized spacial score (nSPS) is 26.0. The Morgan fingerprint density at radius 1 is 1.10 bits per heavy atom. The summed E-state index contributed by atoms with van der Waals surface area (Å²) in [5, 5.41) is 9.46. The molecule has 3 heteroatoms. The van der Waals surface area contributed by atoms with Crippen LogP contribution < -0.4 is 0 Å². The second kappa shape index (κ2) is 7.59.